The second kappa shape index (κ2) is 5.47. The number of ether oxygens (including phenoxy) is 2. The van der Waals surface area contributed by atoms with Gasteiger partial charge in [-0.05, 0) is 18.9 Å². The fraction of sp³-hybridized carbons (Fsp3) is 0.429. The summed E-state index contributed by atoms with van der Waals surface area (Å²) >= 11 is 0. The van der Waals surface area contributed by atoms with Crippen LogP contribution in [0.2, 0.25) is 0 Å². The Bertz CT molecular complexity index is 675. The Labute approximate surface area is 126 Å². The number of hydrogen-bond donors (Lipinski definition) is 2. The molecule has 8 heteroatoms. The van der Waals surface area contributed by atoms with Crippen molar-refractivity contribution in [3.05, 3.63) is 36.0 Å². The number of aromatic nitrogens is 4. The summed E-state index contributed by atoms with van der Waals surface area (Å²) in [4.78, 5) is 20.7. The summed E-state index contributed by atoms with van der Waals surface area (Å²) in [5, 5.41) is 9.78. The quantitative estimate of drug-likeness (QED) is 0.803. The van der Waals surface area contributed by atoms with Gasteiger partial charge in [0.1, 0.15) is 30.7 Å². The van der Waals surface area contributed by atoms with Gasteiger partial charge in [-0.1, -0.05) is 0 Å². The minimum Gasteiger partial charge on any atom is -0.364 e. The van der Waals surface area contributed by atoms with Crippen molar-refractivity contribution in [2.24, 2.45) is 0 Å². The monoisotopic (exact) mass is 301 g/mol. The van der Waals surface area contributed by atoms with E-state index in [0.29, 0.717) is 23.9 Å². The summed E-state index contributed by atoms with van der Waals surface area (Å²) in [7, 11) is 0. The van der Waals surface area contributed by atoms with Gasteiger partial charge in [0.05, 0.1) is 17.7 Å². The largest absolute Gasteiger partial charge is 0.364 e. The molecule has 3 unspecified atom stereocenters. The molecule has 1 saturated carbocycles. The lowest BCUT2D eigenvalue weighted by atomic mass is 10.1. The van der Waals surface area contributed by atoms with Crippen LogP contribution >= 0.6 is 0 Å². The van der Waals surface area contributed by atoms with Crippen LogP contribution in [0.1, 0.15) is 28.9 Å². The van der Waals surface area contributed by atoms with Crippen molar-refractivity contribution in [2.45, 2.75) is 31.1 Å². The molecule has 2 aromatic heterocycles. The Morgan fingerprint density at radius 1 is 1.36 bits per heavy atom. The van der Waals surface area contributed by atoms with Crippen LogP contribution in [-0.4, -0.2) is 51.0 Å². The topological polar surface area (TPSA) is 102 Å². The molecule has 1 aliphatic heterocycles. The number of rotatable bonds is 4. The van der Waals surface area contributed by atoms with Crippen LogP contribution < -0.4 is 5.32 Å². The third-order valence-electron chi connectivity index (χ3n) is 4.09. The molecule has 2 aromatic rings. The first-order chi connectivity index (χ1) is 10.8. The Morgan fingerprint density at radius 3 is 3.18 bits per heavy atom. The highest BCUT2D eigenvalue weighted by atomic mass is 16.7. The molecule has 22 heavy (non-hydrogen) atoms. The predicted molar refractivity (Wildman–Crippen MR) is 75.3 cm³/mol. The number of carbonyl (C=O) groups is 1. The number of hydrogen-bond acceptors (Lipinski definition) is 7. The van der Waals surface area contributed by atoms with Crippen LogP contribution in [-0.2, 0) is 9.47 Å². The molecule has 0 bridgehead atoms. The van der Waals surface area contributed by atoms with E-state index in [-0.39, 0.29) is 24.0 Å². The molecule has 8 nitrogen and oxygen atoms in total. The van der Waals surface area contributed by atoms with E-state index in [4.69, 9.17) is 9.47 Å². The van der Waals surface area contributed by atoms with Crippen molar-refractivity contribution in [2.75, 3.05) is 12.1 Å². The molecule has 114 valence electrons. The molecule has 1 aliphatic carbocycles. The number of nitrogens with one attached hydrogen (secondary N) is 2. The van der Waals surface area contributed by atoms with Gasteiger partial charge >= 0.3 is 0 Å². The Morgan fingerprint density at radius 2 is 2.32 bits per heavy atom. The molecule has 0 radical (unpaired) electrons. The zero-order chi connectivity index (χ0) is 14.9. The van der Waals surface area contributed by atoms with Gasteiger partial charge in [-0.15, -0.1) is 0 Å². The maximum absolute atomic E-state index is 12.5. The van der Waals surface area contributed by atoms with Gasteiger partial charge in [0.15, 0.2) is 0 Å². The minimum atomic E-state index is -0.196. The Balaban J connectivity index is 1.58. The molecule has 2 N–H and O–H groups in total. The van der Waals surface area contributed by atoms with E-state index >= 15 is 0 Å². The lowest BCUT2D eigenvalue weighted by molar-refractivity contribution is 0.0272. The van der Waals surface area contributed by atoms with Gasteiger partial charge in [-0.2, -0.15) is 5.10 Å². The molecule has 4 rings (SSSR count). The molecule has 2 fully saturated rings. The molecule has 3 atom stereocenters. The van der Waals surface area contributed by atoms with E-state index < -0.39 is 0 Å². The van der Waals surface area contributed by atoms with E-state index in [1.807, 2.05) is 0 Å². The van der Waals surface area contributed by atoms with Gasteiger partial charge in [0.25, 0.3) is 0 Å². The summed E-state index contributed by atoms with van der Waals surface area (Å²) in [6.07, 6.45) is 6.46. The fourth-order valence-corrected chi connectivity index (χ4v) is 3.01. The number of aromatic amines is 1. The first-order valence-electron chi connectivity index (χ1n) is 7.17. The van der Waals surface area contributed by atoms with Crippen molar-refractivity contribution in [1.82, 2.24) is 20.2 Å². The lowest BCUT2D eigenvalue weighted by Crippen LogP contribution is -2.33. The zero-order valence-electron chi connectivity index (χ0n) is 11.7. The van der Waals surface area contributed by atoms with Gasteiger partial charge in [-0.25, -0.2) is 9.97 Å². The molecule has 2 aliphatic rings. The second-order valence-corrected chi connectivity index (χ2v) is 5.37. The maximum atomic E-state index is 12.5. The van der Waals surface area contributed by atoms with Gasteiger partial charge in [-0.3, -0.25) is 9.89 Å². The number of ketones is 1. The van der Waals surface area contributed by atoms with Crippen molar-refractivity contribution >= 4 is 11.6 Å². The third-order valence-corrected chi connectivity index (χ3v) is 4.09. The predicted octanol–water partition coefficient (Wildman–Crippen LogP) is 0.746. The van der Waals surface area contributed by atoms with Gasteiger partial charge in [0, 0.05) is 12.4 Å². The van der Waals surface area contributed by atoms with Crippen LogP contribution in [0.3, 0.4) is 0 Å². The van der Waals surface area contributed by atoms with Crippen molar-refractivity contribution in [1.29, 1.82) is 0 Å². The number of nitrogens with zero attached hydrogens (tertiary/aromatic N) is 3. The molecular formula is C14H15N5O3. The molecule has 3 heterocycles. The first-order valence-corrected chi connectivity index (χ1v) is 7.17. The summed E-state index contributed by atoms with van der Waals surface area (Å²) in [6.45, 7) is 0.331. The Kier molecular flexibility index (Phi) is 3.32. The normalized spacial score (nSPS) is 26.8. The van der Waals surface area contributed by atoms with Gasteiger partial charge in [0.2, 0.25) is 5.78 Å². The van der Waals surface area contributed by atoms with Crippen LogP contribution in [0.4, 0.5) is 5.82 Å². The summed E-state index contributed by atoms with van der Waals surface area (Å²) in [5.74, 6) is 0.314. The molecule has 0 amide bonds. The van der Waals surface area contributed by atoms with Crippen LogP contribution in [0.15, 0.2) is 24.8 Å². The number of H-pyrrole nitrogens is 1. The second-order valence-electron chi connectivity index (χ2n) is 5.37. The fourth-order valence-electron chi connectivity index (χ4n) is 3.01. The highest BCUT2D eigenvalue weighted by Gasteiger charge is 2.42. The number of fused-ring (bicyclic) bond motifs is 1. The maximum Gasteiger partial charge on any atom is 0.216 e. The van der Waals surface area contributed by atoms with E-state index in [1.165, 1.54) is 18.7 Å². The first kappa shape index (κ1) is 13.4. The van der Waals surface area contributed by atoms with E-state index in [9.17, 15) is 4.79 Å². The number of anilines is 1. The van der Waals surface area contributed by atoms with Crippen LogP contribution in [0.5, 0.6) is 0 Å². The van der Waals surface area contributed by atoms with E-state index in [1.54, 1.807) is 6.07 Å². The summed E-state index contributed by atoms with van der Waals surface area (Å²) in [6, 6.07) is 1.70. The summed E-state index contributed by atoms with van der Waals surface area (Å²) < 4.78 is 11.1. The highest BCUT2D eigenvalue weighted by Crippen LogP contribution is 2.32. The number of carbonyl (C=O) groups excluding carboxylic acids is 1. The standard InChI is InChI=1S/C14H15N5O3/c20-12(9-3-4-17-19-9)8-5-15-6-16-14(8)18-10-1-2-11-13(10)22-7-21-11/h3-6,10-11,13H,1-2,7H2,(H,17,19)(H,15,16,18). The average Bonchev–Trinajstić information content (AvgIpc) is 3.26. The molecule has 1 saturated heterocycles. The Hall–Kier alpha value is -2.32. The van der Waals surface area contributed by atoms with Crippen molar-refractivity contribution < 1.29 is 14.3 Å². The zero-order valence-corrected chi connectivity index (χ0v) is 11.7. The van der Waals surface area contributed by atoms with Gasteiger partial charge < -0.3 is 14.8 Å². The minimum absolute atomic E-state index is 0.00470. The van der Waals surface area contributed by atoms with Crippen LogP contribution in [0, 0.1) is 0 Å². The van der Waals surface area contributed by atoms with Crippen LogP contribution in [0.25, 0.3) is 0 Å². The molecular weight excluding hydrogens is 286 g/mol. The van der Waals surface area contributed by atoms with E-state index in [0.717, 1.165) is 12.8 Å². The summed E-state index contributed by atoms with van der Waals surface area (Å²) in [5.41, 5.74) is 0.816. The SMILES string of the molecule is O=C(c1ccn[nH]1)c1cncnc1NC1CCC2OCOC12. The smallest absolute Gasteiger partial charge is 0.216 e. The average molecular weight is 301 g/mol. The molecule has 0 aromatic carbocycles. The molecule has 0 spiro atoms. The van der Waals surface area contributed by atoms with Crippen molar-refractivity contribution in [3.8, 4) is 0 Å². The van der Waals surface area contributed by atoms with Crippen molar-refractivity contribution in [3.63, 3.8) is 0 Å². The van der Waals surface area contributed by atoms with E-state index in [2.05, 4.69) is 25.5 Å². The third kappa shape index (κ3) is 2.26. The lowest BCUT2D eigenvalue weighted by Gasteiger charge is -2.19. The highest BCUT2D eigenvalue weighted by molar-refractivity contribution is 6.10.